The van der Waals surface area contributed by atoms with Gasteiger partial charge in [0.15, 0.2) is 11.0 Å². The number of carbonyl (C=O) groups is 1. The summed E-state index contributed by atoms with van der Waals surface area (Å²) >= 11 is 1.57. The van der Waals surface area contributed by atoms with E-state index in [1.54, 1.807) is 18.9 Å². The highest BCUT2D eigenvalue weighted by atomic mass is 32.2. The molecule has 242 valence electrons. The summed E-state index contributed by atoms with van der Waals surface area (Å²) in [5, 5.41) is 8.07. The first-order valence-electron chi connectivity index (χ1n) is 14.8. The maximum atomic E-state index is 12.8. The number of hydrogen-bond acceptors (Lipinski definition) is 6. The third-order valence-corrected chi connectivity index (χ3v) is 8.50. The molecule has 0 spiro atoms. The van der Waals surface area contributed by atoms with Gasteiger partial charge in [-0.25, -0.2) is 14.5 Å². The largest absolute Gasteiger partial charge is 0.573 e. The predicted molar refractivity (Wildman–Crippen MR) is 174 cm³/mol. The predicted octanol–water partition coefficient (Wildman–Crippen LogP) is 7.78. The molecule has 1 aliphatic heterocycles. The number of ether oxygens (including phenoxy) is 2. The van der Waals surface area contributed by atoms with Crippen molar-refractivity contribution in [3.63, 3.8) is 0 Å². The van der Waals surface area contributed by atoms with E-state index in [4.69, 9.17) is 4.74 Å². The molecule has 13 heteroatoms. The fourth-order valence-corrected chi connectivity index (χ4v) is 6.01. The normalized spacial score (nSPS) is 15.0. The van der Waals surface area contributed by atoms with E-state index in [1.165, 1.54) is 40.8 Å². The van der Waals surface area contributed by atoms with Gasteiger partial charge in [-0.15, -0.1) is 18.3 Å². The summed E-state index contributed by atoms with van der Waals surface area (Å²) in [4.78, 5) is 23.6. The van der Waals surface area contributed by atoms with E-state index < -0.39 is 6.36 Å². The average Bonchev–Trinajstić information content (AvgIpc) is 3.71. The number of carbonyl (C=O) groups excluding carboxylic acids is 1. The van der Waals surface area contributed by atoms with E-state index >= 15 is 0 Å². The number of rotatable bonds is 10. The van der Waals surface area contributed by atoms with Gasteiger partial charge in [-0.05, 0) is 59.7 Å². The summed E-state index contributed by atoms with van der Waals surface area (Å²) in [5.74, 6) is 2.26. The van der Waals surface area contributed by atoms with Crippen LogP contribution in [0, 0.1) is 0 Å². The van der Waals surface area contributed by atoms with Crippen molar-refractivity contribution in [1.82, 2.24) is 20.1 Å². The molecular weight excluding hydrogens is 617 g/mol. The molecule has 3 aromatic carbocycles. The number of nitrogens with zero attached hydrogens (tertiary/aromatic N) is 5. The highest BCUT2D eigenvalue weighted by Gasteiger charge is 2.31. The number of benzene rings is 3. The van der Waals surface area contributed by atoms with E-state index in [1.807, 2.05) is 36.4 Å². The summed E-state index contributed by atoms with van der Waals surface area (Å²) in [7, 11) is 1.64. The van der Waals surface area contributed by atoms with Crippen molar-refractivity contribution in [2.75, 3.05) is 30.9 Å². The topological polar surface area (TPSA) is 93.9 Å². The van der Waals surface area contributed by atoms with Crippen LogP contribution in [-0.2, 0) is 0 Å². The van der Waals surface area contributed by atoms with Gasteiger partial charge in [0.25, 0.3) is 0 Å². The van der Waals surface area contributed by atoms with Crippen LogP contribution in [0.25, 0.3) is 17.1 Å². The van der Waals surface area contributed by atoms with Crippen molar-refractivity contribution in [3.8, 4) is 28.6 Å². The van der Waals surface area contributed by atoms with Crippen molar-refractivity contribution < 1.29 is 27.4 Å². The molecule has 46 heavy (non-hydrogen) atoms. The average molecular weight is 653 g/mol. The van der Waals surface area contributed by atoms with Gasteiger partial charge in [0.2, 0.25) is 0 Å². The molecule has 1 saturated heterocycles. The molecule has 9 nitrogen and oxygen atoms in total. The van der Waals surface area contributed by atoms with Gasteiger partial charge in [-0.3, -0.25) is 0 Å². The van der Waals surface area contributed by atoms with E-state index in [2.05, 4.69) is 56.9 Å². The Labute approximate surface area is 269 Å². The van der Waals surface area contributed by atoms with Crippen LogP contribution in [0.2, 0.25) is 0 Å². The summed E-state index contributed by atoms with van der Waals surface area (Å²) in [6.07, 6.45) is -2.52. The molecule has 1 unspecified atom stereocenters. The summed E-state index contributed by atoms with van der Waals surface area (Å²) in [5.41, 5.74) is 4.63. The smallest absolute Gasteiger partial charge is 0.497 e. The second-order valence-corrected chi connectivity index (χ2v) is 12.1. The van der Waals surface area contributed by atoms with E-state index in [-0.39, 0.29) is 17.7 Å². The van der Waals surface area contributed by atoms with Gasteiger partial charge in [0.05, 0.1) is 12.8 Å². The van der Waals surface area contributed by atoms with Gasteiger partial charge in [0, 0.05) is 36.2 Å². The number of hydrogen-bond donors (Lipinski definition) is 1. The number of alkyl halides is 3. The highest BCUT2D eigenvalue weighted by molar-refractivity contribution is 8.14. The molecule has 0 aliphatic carbocycles. The van der Waals surface area contributed by atoms with Crippen molar-refractivity contribution in [1.29, 1.82) is 0 Å². The minimum Gasteiger partial charge on any atom is -0.497 e. The monoisotopic (exact) mass is 652 g/mol. The lowest BCUT2D eigenvalue weighted by Crippen LogP contribution is -2.29. The number of amides is 2. The Hall–Kier alpha value is -4.52. The molecular formula is C33H35F3N6O3S. The fourth-order valence-electron chi connectivity index (χ4n) is 5.06. The summed E-state index contributed by atoms with van der Waals surface area (Å²) in [6.45, 7) is 7.61. The number of aliphatic imine (C=N–C) groups is 1. The third-order valence-electron chi connectivity index (χ3n) is 7.54. The molecule has 1 fully saturated rings. The Morgan fingerprint density at radius 2 is 1.76 bits per heavy atom. The number of aromatic nitrogens is 3. The molecule has 4 aromatic rings. The number of thioether (sulfide) groups is 1. The van der Waals surface area contributed by atoms with Gasteiger partial charge in [-0.1, -0.05) is 62.9 Å². The SMILES string of the molecule is COc1ccc(C(C)C)c(N2CCS/C2=N\C(=O)NCCC(C)c2ccc(-c3ncn(-c4ccc(OC(F)(F)F)cc4)n3)cc2)c1. The number of halogens is 3. The van der Waals surface area contributed by atoms with Crippen LogP contribution < -0.4 is 19.7 Å². The number of anilines is 1. The molecule has 0 radical (unpaired) electrons. The van der Waals surface area contributed by atoms with Crippen molar-refractivity contribution in [2.24, 2.45) is 4.99 Å². The maximum absolute atomic E-state index is 12.8. The standard InChI is InChI=1S/C33H35F3N6O3S/c1-21(2)28-14-13-27(44-4)19-29(28)41-17-18-46-32(41)39-31(43)37-16-15-22(3)23-5-7-24(8-6-23)30-38-20-42(40-30)25-9-11-26(12-10-25)45-33(34,35)36/h5-14,19-22H,15-18H2,1-4H3,(H,37,43)/b39-32-. The lowest BCUT2D eigenvalue weighted by molar-refractivity contribution is -0.274. The Morgan fingerprint density at radius 3 is 2.43 bits per heavy atom. The van der Waals surface area contributed by atoms with Crippen LogP contribution >= 0.6 is 11.8 Å². The van der Waals surface area contributed by atoms with E-state index in [0.717, 1.165) is 41.3 Å². The highest BCUT2D eigenvalue weighted by Crippen LogP contribution is 2.35. The number of amidine groups is 1. The zero-order valence-corrected chi connectivity index (χ0v) is 26.7. The molecule has 0 saturated carbocycles. The molecule has 1 aliphatic rings. The first-order chi connectivity index (χ1) is 22.0. The van der Waals surface area contributed by atoms with Crippen LogP contribution in [0.15, 0.2) is 78.0 Å². The zero-order chi connectivity index (χ0) is 32.8. The van der Waals surface area contributed by atoms with E-state index in [0.29, 0.717) is 29.1 Å². The lowest BCUT2D eigenvalue weighted by Gasteiger charge is -2.23. The number of urea groups is 1. The minimum absolute atomic E-state index is 0.174. The van der Waals surface area contributed by atoms with Crippen molar-refractivity contribution >= 4 is 28.6 Å². The zero-order valence-electron chi connectivity index (χ0n) is 25.9. The maximum Gasteiger partial charge on any atom is 0.573 e. The van der Waals surface area contributed by atoms with Crippen molar-refractivity contribution in [2.45, 2.75) is 45.4 Å². The van der Waals surface area contributed by atoms with Crippen molar-refractivity contribution in [3.05, 3.63) is 84.2 Å². The summed E-state index contributed by atoms with van der Waals surface area (Å²) < 4.78 is 48.1. The summed E-state index contributed by atoms with van der Waals surface area (Å²) in [6, 6.07) is 18.9. The van der Waals surface area contributed by atoms with Gasteiger partial charge < -0.3 is 19.7 Å². The van der Waals surface area contributed by atoms with Crippen LogP contribution in [0.4, 0.5) is 23.7 Å². The molecule has 1 aromatic heterocycles. The first kappa shape index (κ1) is 32.9. The second kappa shape index (κ2) is 14.3. The molecule has 2 heterocycles. The third kappa shape index (κ3) is 8.19. The van der Waals surface area contributed by atoms with Crippen LogP contribution in [0.1, 0.15) is 50.2 Å². The Morgan fingerprint density at radius 1 is 1.04 bits per heavy atom. The molecule has 5 rings (SSSR count). The van der Waals surface area contributed by atoms with Crippen LogP contribution in [0.5, 0.6) is 11.5 Å². The van der Waals surface area contributed by atoms with E-state index in [9.17, 15) is 18.0 Å². The fraction of sp³-hybridized carbons (Fsp3) is 0.333. The quantitative estimate of drug-likeness (QED) is 0.187. The number of nitrogens with one attached hydrogen (secondary N) is 1. The minimum atomic E-state index is -4.75. The Balaban J connectivity index is 1.15. The van der Waals surface area contributed by atoms with Gasteiger partial charge in [-0.2, -0.15) is 4.99 Å². The first-order valence-corrected chi connectivity index (χ1v) is 15.8. The Bertz CT molecular complexity index is 1670. The molecule has 1 N–H and O–H groups in total. The van der Waals surface area contributed by atoms with Crippen LogP contribution in [-0.4, -0.2) is 58.3 Å². The molecule has 1 atom stereocenters. The lowest BCUT2D eigenvalue weighted by atomic mass is 9.96. The van der Waals surface area contributed by atoms with Gasteiger partial charge in [0.1, 0.15) is 17.8 Å². The Kier molecular flexibility index (Phi) is 10.2. The molecule has 2 amide bonds. The second-order valence-electron chi connectivity index (χ2n) is 11.1. The molecule has 0 bridgehead atoms. The van der Waals surface area contributed by atoms with Gasteiger partial charge >= 0.3 is 12.4 Å². The number of methoxy groups -OCH3 is 1. The van der Waals surface area contributed by atoms with Crippen LogP contribution in [0.3, 0.4) is 0 Å².